The fourth-order valence-electron chi connectivity index (χ4n) is 1.85. The highest BCUT2D eigenvalue weighted by molar-refractivity contribution is 7.80. The molecule has 0 aliphatic rings. The van der Waals surface area contributed by atoms with Crippen molar-refractivity contribution < 1.29 is 9.53 Å². The van der Waals surface area contributed by atoms with Crippen LogP contribution in [0.4, 0.5) is 5.69 Å². The third-order valence-electron chi connectivity index (χ3n) is 3.00. The van der Waals surface area contributed by atoms with E-state index in [4.69, 9.17) is 28.6 Å². The van der Waals surface area contributed by atoms with Gasteiger partial charge in [-0.1, -0.05) is 23.7 Å². The van der Waals surface area contributed by atoms with Crippen molar-refractivity contribution in [3.63, 3.8) is 0 Å². The molecule has 2 rings (SSSR count). The molecule has 0 saturated carbocycles. The molecule has 2 aromatic rings. The van der Waals surface area contributed by atoms with Crippen LogP contribution in [0.15, 0.2) is 48.5 Å². The van der Waals surface area contributed by atoms with Gasteiger partial charge in [0, 0.05) is 10.7 Å². The fourth-order valence-corrected chi connectivity index (χ4v) is 2.15. The van der Waals surface area contributed by atoms with Crippen molar-refractivity contribution in [3.8, 4) is 5.75 Å². The van der Waals surface area contributed by atoms with E-state index in [1.807, 2.05) is 31.2 Å². The van der Waals surface area contributed by atoms with E-state index in [0.717, 1.165) is 17.0 Å². The molecular weight excluding hydrogens is 346 g/mol. The standard InChI is InChI=1S/C17H18ClN3O2S/c1-12-3-2-4-15(11-12)23-10-9-16(22)20-21-17(24)19-14-7-5-13(18)6-8-14/h2-8,11H,9-10H2,1H3,(H,20,22)(H2,19,21,24). The molecule has 0 aliphatic carbocycles. The highest BCUT2D eigenvalue weighted by Gasteiger charge is 2.03. The molecule has 0 aromatic heterocycles. The van der Waals surface area contributed by atoms with Crippen LogP contribution < -0.4 is 20.9 Å². The van der Waals surface area contributed by atoms with Crippen molar-refractivity contribution in [1.82, 2.24) is 10.9 Å². The topological polar surface area (TPSA) is 62.4 Å². The highest BCUT2D eigenvalue weighted by atomic mass is 35.5. The lowest BCUT2D eigenvalue weighted by molar-refractivity contribution is -0.122. The quantitative estimate of drug-likeness (QED) is 0.561. The van der Waals surface area contributed by atoms with Gasteiger partial charge in [0.15, 0.2) is 5.11 Å². The Kier molecular flexibility index (Phi) is 6.84. The van der Waals surface area contributed by atoms with Crippen LogP contribution in [0, 0.1) is 6.92 Å². The van der Waals surface area contributed by atoms with Gasteiger partial charge in [0.05, 0.1) is 13.0 Å². The van der Waals surface area contributed by atoms with E-state index in [1.165, 1.54) is 0 Å². The number of aryl methyl sites for hydroxylation is 1. The molecule has 24 heavy (non-hydrogen) atoms. The molecule has 0 bridgehead atoms. The van der Waals surface area contributed by atoms with Crippen LogP contribution in [0.3, 0.4) is 0 Å². The van der Waals surface area contributed by atoms with Gasteiger partial charge in [0.25, 0.3) is 0 Å². The first-order valence-electron chi connectivity index (χ1n) is 7.34. The lowest BCUT2D eigenvalue weighted by Gasteiger charge is -2.12. The second-order valence-corrected chi connectivity index (χ2v) is 5.89. The molecule has 0 saturated heterocycles. The summed E-state index contributed by atoms with van der Waals surface area (Å²) in [6, 6.07) is 14.7. The summed E-state index contributed by atoms with van der Waals surface area (Å²) < 4.78 is 5.52. The van der Waals surface area contributed by atoms with Gasteiger partial charge in [-0.3, -0.25) is 15.6 Å². The summed E-state index contributed by atoms with van der Waals surface area (Å²) in [4.78, 5) is 11.7. The van der Waals surface area contributed by atoms with Gasteiger partial charge in [0.1, 0.15) is 5.75 Å². The van der Waals surface area contributed by atoms with E-state index in [2.05, 4.69) is 16.2 Å². The van der Waals surface area contributed by atoms with Crippen molar-refractivity contribution in [3.05, 3.63) is 59.1 Å². The Morgan fingerprint density at radius 1 is 1.17 bits per heavy atom. The number of anilines is 1. The first-order valence-corrected chi connectivity index (χ1v) is 8.12. The van der Waals surface area contributed by atoms with Crippen LogP contribution in [0.1, 0.15) is 12.0 Å². The number of hydrogen-bond acceptors (Lipinski definition) is 3. The summed E-state index contributed by atoms with van der Waals surface area (Å²) in [6.07, 6.45) is 0.213. The predicted octanol–water partition coefficient (Wildman–Crippen LogP) is 3.44. The summed E-state index contributed by atoms with van der Waals surface area (Å²) in [6.45, 7) is 2.27. The SMILES string of the molecule is Cc1cccc(OCCC(=O)NNC(=S)Nc2ccc(Cl)cc2)c1. The number of carbonyl (C=O) groups is 1. The average molecular weight is 364 g/mol. The van der Waals surface area contributed by atoms with Gasteiger partial charge in [0.2, 0.25) is 5.91 Å². The second-order valence-electron chi connectivity index (χ2n) is 5.05. The lowest BCUT2D eigenvalue weighted by Crippen LogP contribution is -2.44. The summed E-state index contributed by atoms with van der Waals surface area (Å²) >= 11 is 10.9. The summed E-state index contributed by atoms with van der Waals surface area (Å²) in [5.74, 6) is 0.526. The molecule has 7 heteroatoms. The molecular formula is C17H18ClN3O2S. The normalized spacial score (nSPS) is 9.92. The third kappa shape index (κ3) is 6.44. The first-order chi connectivity index (χ1) is 11.5. The number of rotatable bonds is 5. The lowest BCUT2D eigenvalue weighted by atomic mass is 10.2. The minimum Gasteiger partial charge on any atom is -0.493 e. The molecule has 0 aliphatic heterocycles. The van der Waals surface area contributed by atoms with Crippen molar-refractivity contribution in [2.24, 2.45) is 0 Å². The molecule has 126 valence electrons. The maximum Gasteiger partial charge on any atom is 0.241 e. The zero-order valence-electron chi connectivity index (χ0n) is 13.1. The Morgan fingerprint density at radius 2 is 1.92 bits per heavy atom. The number of nitrogens with one attached hydrogen (secondary N) is 3. The van der Waals surface area contributed by atoms with Crippen molar-refractivity contribution >= 4 is 40.5 Å². The molecule has 0 radical (unpaired) electrons. The van der Waals surface area contributed by atoms with Crippen LogP contribution in [-0.4, -0.2) is 17.6 Å². The number of amides is 1. The average Bonchev–Trinajstić information content (AvgIpc) is 2.55. The molecule has 5 nitrogen and oxygen atoms in total. The molecule has 0 unspecified atom stereocenters. The molecule has 3 N–H and O–H groups in total. The molecule has 0 atom stereocenters. The third-order valence-corrected chi connectivity index (χ3v) is 3.46. The van der Waals surface area contributed by atoms with Gasteiger partial charge in [-0.05, 0) is 61.1 Å². The largest absolute Gasteiger partial charge is 0.493 e. The van der Waals surface area contributed by atoms with Gasteiger partial charge >= 0.3 is 0 Å². The highest BCUT2D eigenvalue weighted by Crippen LogP contribution is 2.13. The summed E-state index contributed by atoms with van der Waals surface area (Å²) in [5.41, 5.74) is 7.03. The zero-order valence-corrected chi connectivity index (χ0v) is 14.7. The van der Waals surface area contributed by atoms with Gasteiger partial charge in [-0.2, -0.15) is 0 Å². The second kappa shape index (κ2) is 9.10. The van der Waals surface area contributed by atoms with Crippen LogP contribution in [0.2, 0.25) is 5.02 Å². The summed E-state index contributed by atoms with van der Waals surface area (Å²) in [5, 5.41) is 3.85. The Hall–Kier alpha value is -2.31. The number of halogens is 1. The van der Waals surface area contributed by atoms with Gasteiger partial charge in [-0.25, -0.2) is 0 Å². The maximum atomic E-state index is 11.7. The van der Waals surface area contributed by atoms with E-state index < -0.39 is 0 Å². The number of hydrogen-bond donors (Lipinski definition) is 3. The van der Waals surface area contributed by atoms with Crippen molar-refractivity contribution in [1.29, 1.82) is 0 Å². The minimum absolute atomic E-state index is 0.213. The molecule has 1 amide bonds. The maximum absolute atomic E-state index is 11.7. The van der Waals surface area contributed by atoms with Crippen LogP contribution in [-0.2, 0) is 4.79 Å². The van der Waals surface area contributed by atoms with E-state index in [0.29, 0.717) is 5.02 Å². The Labute approximate surface area is 151 Å². The number of benzene rings is 2. The molecule has 0 fully saturated rings. The number of ether oxygens (including phenoxy) is 1. The number of thiocarbonyl (C=S) groups is 1. The molecule has 2 aromatic carbocycles. The van der Waals surface area contributed by atoms with Crippen LogP contribution in [0.25, 0.3) is 0 Å². The predicted molar refractivity (Wildman–Crippen MR) is 100 cm³/mol. The smallest absolute Gasteiger partial charge is 0.241 e. The van der Waals surface area contributed by atoms with E-state index in [9.17, 15) is 4.79 Å². The Balaban J connectivity index is 1.65. The molecule has 0 heterocycles. The Morgan fingerprint density at radius 3 is 2.62 bits per heavy atom. The molecule has 0 spiro atoms. The van der Waals surface area contributed by atoms with Crippen molar-refractivity contribution in [2.45, 2.75) is 13.3 Å². The van der Waals surface area contributed by atoms with Crippen LogP contribution in [0.5, 0.6) is 5.75 Å². The minimum atomic E-state index is -0.220. The van der Waals surface area contributed by atoms with Crippen LogP contribution >= 0.6 is 23.8 Å². The first kappa shape index (κ1) is 18.0. The summed E-state index contributed by atoms with van der Waals surface area (Å²) in [7, 11) is 0. The zero-order chi connectivity index (χ0) is 17.4. The monoisotopic (exact) mass is 363 g/mol. The number of hydrazine groups is 1. The van der Waals surface area contributed by atoms with E-state index >= 15 is 0 Å². The van der Waals surface area contributed by atoms with Crippen molar-refractivity contribution in [2.75, 3.05) is 11.9 Å². The number of carbonyl (C=O) groups excluding carboxylic acids is 1. The van der Waals surface area contributed by atoms with E-state index in [1.54, 1.807) is 24.3 Å². The Bertz CT molecular complexity index is 707. The van der Waals surface area contributed by atoms with Gasteiger partial charge < -0.3 is 10.1 Å². The van der Waals surface area contributed by atoms with Gasteiger partial charge in [-0.15, -0.1) is 0 Å². The van der Waals surface area contributed by atoms with E-state index in [-0.39, 0.29) is 24.0 Å². The fraction of sp³-hybridized carbons (Fsp3) is 0.176.